The molecule has 1 aliphatic carbocycles. The van der Waals surface area contributed by atoms with E-state index >= 15 is 0 Å². The van der Waals surface area contributed by atoms with Crippen LogP contribution in [0.25, 0.3) is 11.3 Å². The zero-order chi connectivity index (χ0) is 26.9. The molecule has 4 rings (SSSR count). The highest BCUT2D eigenvalue weighted by Crippen LogP contribution is 2.27. The highest BCUT2D eigenvalue weighted by atomic mass is 19.1. The van der Waals surface area contributed by atoms with Gasteiger partial charge in [-0.05, 0) is 74.3 Å². The predicted octanol–water partition coefficient (Wildman–Crippen LogP) is 5.80. The lowest BCUT2D eigenvalue weighted by atomic mass is 10.0. The van der Waals surface area contributed by atoms with E-state index in [0.717, 1.165) is 56.6 Å². The van der Waals surface area contributed by atoms with Crippen LogP contribution in [0.4, 0.5) is 4.39 Å². The van der Waals surface area contributed by atoms with Gasteiger partial charge in [0.05, 0.1) is 0 Å². The predicted molar refractivity (Wildman–Crippen MR) is 149 cm³/mol. The van der Waals surface area contributed by atoms with Gasteiger partial charge >= 0.3 is 0 Å². The number of amides is 2. The SMILES string of the molecule is CCN(CC)CCCN(C(=O)c1ccc(-c2ccccc2)[nH]1)[C@H](C(=O)NC1CCCC1)c1ccc(F)cc1. The fraction of sp³-hybridized carbons (Fsp3) is 0.419. The van der Waals surface area contributed by atoms with Gasteiger partial charge in [-0.15, -0.1) is 0 Å². The smallest absolute Gasteiger partial charge is 0.271 e. The van der Waals surface area contributed by atoms with Gasteiger partial charge in [-0.2, -0.15) is 0 Å². The van der Waals surface area contributed by atoms with Crippen LogP contribution in [0.15, 0.2) is 66.7 Å². The van der Waals surface area contributed by atoms with Crippen molar-refractivity contribution in [2.45, 2.75) is 58.0 Å². The standard InChI is InChI=1S/C31H39FN4O2/c1-3-35(4-2)21-10-22-36(31(38)28-20-19-27(34-28)23-11-6-5-7-12-23)29(24-15-17-25(32)18-16-24)30(37)33-26-13-8-9-14-26/h5-7,11-12,15-20,26,29,34H,3-4,8-10,13-14,21-22H2,1-2H3,(H,33,37)/t29-/m0/s1. The number of H-pyrrole nitrogens is 1. The lowest BCUT2D eigenvalue weighted by molar-refractivity contribution is -0.126. The summed E-state index contributed by atoms with van der Waals surface area (Å²) in [5.74, 6) is -0.836. The molecule has 1 aliphatic rings. The Labute approximate surface area is 225 Å². The molecule has 1 fully saturated rings. The molecule has 0 spiro atoms. The second-order valence-corrected chi connectivity index (χ2v) is 9.97. The molecule has 0 radical (unpaired) electrons. The summed E-state index contributed by atoms with van der Waals surface area (Å²) < 4.78 is 13.8. The van der Waals surface area contributed by atoms with Gasteiger partial charge in [0.15, 0.2) is 0 Å². The lowest BCUT2D eigenvalue weighted by Crippen LogP contribution is -2.47. The van der Waals surface area contributed by atoms with Gasteiger partial charge in [-0.1, -0.05) is 69.2 Å². The summed E-state index contributed by atoms with van der Waals surface area (Å²) in [6.45, 7) is 7.29. The van der Waals surface area contributed by atoms with Crippen molar-refractivity contribution in [3.05, 3.63) is 83.8 Å². The summed E-state index contributed by atoms with van der Waals surface area (Å²) in [6.07, 6.45) is 4.77. The number of carbonyl (C=O) groups excluding carboxylic acids is 2. The first-order valence-electron chi connectivity index (χ1n) is 13.8. The minimum absolute atomic E-state index is 0.105. The van der Waals surface area contributed by atoms with E-state index in [1.165, 1.54) is 12.1 Å². The average molecular weight is 519 g/mol. The van der Waals surface area contributed by atoms with Gasteiger partial charge in [0.2, 0.25) is 5.91 Å². The first-order chi connectivity index (χ1) is 18.5. The molecule has 1 atom stereocenters. The third-order valence-electron chi connectivity index (χ3n) is 7.48. The van der Waals surface area contributed by atoms with Crippen LogP contribution < -0.4 is 5.32 Å². The third kappa shape index (κ3) is 6.90. The Hall–Kier alpha value is -3.45. The van der Waals surface area contributed by atoms with E-state index in [2.05, 4.69) is 29.0 Å². The van der Waals surface area contributed by atoms with Crippen LogP contribution >= 0.6 is 0 Å². The average Bonchev–Trinajstić information content (AvgIpc) is 3.64. The normalized spacial score (nSPS) is 14.5. The molecule has 0 unspecified atom stereocenters. The molecule has 0 saturated heterocycles. The second kappa shape index (κ2) is 13.4. The number of carbonyl (C=O) groups is 2. The van der Waals surface area contributed by atoms with Crippen LogP contribution in [0.2, 0.25) is 0 Å². The summed E-state index contributed by atoms with van der Waals surface area (Å²) in [5.41, 5.74) is 2.85. The fourth-order valence-corrected chi connectivity index (χ4v) is 5.28. The number of hydrogen-bond donors (Lipinski definition) is 2. The Kier molecular flexibility index (Phi) is 9.71. The Morgan fingerprint density at radius 1 is 0.947 bits per heavy atom. The number of nitrogens with zero attached hydrogens (tertiary/aromatic N) is 2. The Morgan fingerprint density at radius 3 is 2.29 bits per heavy atom. The number of benzene rings is 2. The maximum Gasteiger partial charge on any atom is 0.271 e. The summed E-state index contributed by atoms with van der Waals surface area (Å²) in [4.78, 5) is 35.1. The number of halogens is 1. The van der Waals surface area contributed by atoms with Crippen molar-refractivity contribution < 1.29 is 14.0 Å². The first kappa shape index (κ1) is 27.6. The van der Waals surface area contributed by atoms with Crippen LogP contribution in [0, 0.1) is 5.82 Å². The van der Waals surface area contributed by atoms with Gasteiger partial charge in [-0.3, -0.25) is 9.59 Å². The highest BCUT2D eigenvalue weighted by molar-refractivity contribution is 5.97. The monoisotopic (exact) mass is 518 g/mol. The molecule has 1 aromatic heterocycles. The molecule has 38 heavy (non-hydrogen) atoms. The van der Waals surface area contributed by atoms with E-state index in [-0.39, 0.29) is 23.7 Å². The van der Waals surface area contributed by atoms with Crippen molar-refractivity contribution in [2.75, 3.05) is 26.2 Å². The summed E-state index contributed by atoms with van der Waals surface area (Å²) in [5, 5.41) is 3.18. The zero-order valence-electron chi connectivity index (χ0n) is 22.5. The topological polar surface area (TPSA) is 68.4 Å². The van der Waals surface area contributed by atoms with Gasteiger partial charge in [0.1, 0.15) is 17.6 Å². The van der Waals surface area contributed by atoms with Crippen molar-refractivity contribution in [2.24, 2.45) is 0 Å². The van der Waals surface area contributed by atoms with E-state index < -0.39 is 6.04 Å². The van der Waals surface area contributed by atoms with Crippen molar-refractivity contribution in [1.82, 2.24) is 20.1 Å². The first-order valence-corrected chi connectivity index (χ1v) is 13.8. The number of aromatic amines is 1. The van der Waals surface area contributed by atoms with Crippen LogP contribution in [0.5, 0.6) is 0 Å². The minimum atomic E-state index is -0.858. The van der Waals surface area contributed by atoms with Crippen molar-refractivity contribution >= 4 is 11.8 Å². The minimum Gasteiger partial charge on any atom is -0.351 e. The summed E-state index contributed by atoms with van der Waals surface area (Å²) in [6, 6.07) is 18.7. The maximum atomic E-state index is 14.1. The van der Waals surface area contributed by atoms with Crippen molar-refractivity contribution in [3.8, 4) is 11.3 Å². The molecule has 202 valence electrons. The van der Waals surface area contributed by atoms with Crippen molar-refractivity contribution in [1.29, 1.82) is 0 Å². The molecule has 0 bridgehead atoms. The van der Waals surface area contributed by atoms with Gasteiger partial charge < -0.3 is 20.1 Å². The van der Waals surface area contributed by atoms with Crippen LogP contribution in [-0.4, -0.2) is 58.8 Å². The largest absolute Gasteiger partial charge is 0.351 e. The van der Waals surface area contributed by atoms with Gasteiger partial charge in [0, 0.05) is 18.3 Å². The molecular formula is C31H39FN4O2. The highest BCUT2D eigenvalue weighted by Gasteiger charge is 2.34. The fourth-order valence-electron chi connectivity index (χ4n) is 5.28. The zero-order valence-corrected chi connectivity index (χ0v) is 22.5. The van der Waals surface area contributed by atoms with E-state index in [0.29, 0.717) is 24.2 Å². The second-order valence-electron chi connectivity index (χ2n) is 9.97. The molecule has 2 N–H and O–H groups in total. The van der Waals surface area contributed by atoms with Crippen LogP contribution in [-0.2, 0) is 4.79 Å². The van der Waals surface area contributed by atoms with Gasteiger partial charge in [0.25, 0.3) is 5.91 Å². The third-order valence-corrected chi connectivity index (χ3v) is 7.48. The molecular weight excluding hydrogens is 479 g/mol. The molecule has 6 nitrogen and oxygen atoms in total. The van der Waals surface area contributed by atoms with E-state index in [4.69, 9.17) is 0 Å². The van der Waals surface area contributed by atoms with Crippen molar-refractivity contribution in [3.63, 3.8) is 0 Å². The summed E-state index contributed by atoms with van der Waals surface area (Å²) in [7, 11) is 0. The van der Waals surface area contributed by atoms with Crippen LogP contribution in [0.3, 0.4) is 0 Å². The Morgan fingerprint density at radius 2 is 1.63 bits per heavy atom. The molecule has 2 aromatic carbocycles. The number of hydrogen-bond acceptors (Lipinski definition) is 3. The van der Waals surface area contributed by atoms with E-state index in [1.807, 2.05) is 36.4 Å². The lowest BCUT2D eigenvalue weighted by Gasteiger charge is -2.32. The van der Waals surface area contributed by atoms with Gasteiger partial charge in [-0.25, -0.2) is 4.39 Å². The summed E-state index contributed by atoms with van der Waals surface area (Å²) >= 11 is 0. The van der Waals surface area contributed by atoms with Crippen LogP contribution in [0.1, 0.15) is 68.0 Å². The quantitative estimate of drug-likeness (QED) is 0.319. The molecule has 7 heteroatoms. The number of rotatable bonds is 12. The van der Waals surface area contributed by atoms with E-state index in [1.54, 1.807) is 23.1 Å². The number of aromatic nitrogens is 1. The van der Waals surface area contributed by atoms with E-state index in [9.17, 15) is 14.0 Å². The molecule has 0 aliphatic heterocycles. The molecule has 1 heterocycles. The number of nitrogens with one attached hydrogen (secondary N) is 2. The molecule has 1 saturated carbocycles. The molecule has 3 aromatic rings. The Balaban J connectivity index is 1.66. The maximum absolute atomic E-state index is 14.1. The Bertz CT molecular complexity index is 1170. The molecule has 2 amide bonds.